The molecule has 0 bridgehead atoms. The zero-order valence-electron chi connectivity index (χ0n) is 13.7. The van der Waals surface area contributed by atoms with Gasteiger partial charge < -0.3 is 15.4 Å². The number of hydrogen-bond acceptors (Lipinski definition) is 6. The van der Waals surface area contributed by atoms with Crippen LogP contribution in [0.3, 0.4) is 0 Å². The van der Waals surface area contributed by atoms with E-state index in [1.54, 1.807) is 37.3 Å². The van der Waals surface area contributed by atoms with Crippen molar-refractivity contribution in [1.82, 2.24) is 15.3 Å². The van der Waals surface area contributed by atoms with Gasteiger partial charge in [-0.2, -0.15) is 0 Å². The molecule has 0 aliphatic heterocycles. The third-order valence-corrected chi connectivity index (χ3v) is 3.10. The molecule has 1 aromatic carbocycles. The fourth-order valence-electron chi connectivity index (χ4n) is 1.93. The molecular weight excluding hydrogens is 308 g/mol. The molecule has 0 atom stereocenters. The molecule has 2 aromatic rings. The lowest BCUT2D eigenvalue weighted by atomic mass is 10.2. The van der Waals surface area contributed by atoms with Gasteiger partial charge in [0.1, 0.15) is 17.8 Å². The molecule has 0 saturated carbocycles. The van der Waals surface area contributed by atoms with Gasteiger partial charge >= 0.3 is 5.97 Å². The van der Waals surface area contributed by atoms with Crippen molar-refractivity contribution in [3.05, 3.63) is 47.9 Å². The Kier molecular flexibility index (Phi) is 6.24. The topological polar surface area (TPSA) is 93.2 Å². The predicted molar refractivity (Wildman–Crippen MR) is 90.3 cm³/mol. The summed E-state index contributed by atoms with van der Waals surface area (Å²) in [6.07, 6.45) is 2.19. The Hall–Kier alpha value is -2.96. The molecule has 2 rings (SSSR count). The van der Waals surface area contributed by atoms with Gasteiger partial charge in [-0.25, -0.2) is 14.8 Å². The number of nitrogens with zero attached hydrogens (tertiary/aromatic N) is 2. The van der Waals surface area contributed by atoms with Gasteiger partial charge in [-0.1, -0.05) is 6.92 Å². The van der Waals surface area contributed by atoms with Gasteiger partial charge in [0.05, 0.1) is 12.2 Å². The molecule has 24 heavy (non-hydrogen) atoms. The second kappa shape index (κ2) is 8.61. The number of esters is 1. The molecule has 7 nitrogen and oxygen atoms in total. The summed E-state index contributed by atoms with van der Waals surface area (Å²) in [6.45, 7) is 4.67. The molecule has 0 fully saturated rings. The van der Waals surface area contributed by atoms with E-state index in [1.807, 2.05) is 6.92 Å². The first kappa shape index (κ1) is 17.4. The summed E-state index contributed by atoms with van der Waals surface area (Å²) in [5, 5.41) is 5.83. The summed E-state index contributed by atoms with van der Waals surface area (Å²) in [5.74, 6) is -0.101. The molecule has 0 aliphatic rings. The summed E-state index contributed by atoms with van der Waals surface area (Å²) in [7, 11) is 0. The van der Waals surface area contributed by atoms with Crippen molar-refractivity contribution in [1.29, 1.82) is 0 Å². The van der Waals surface area contributed by atoms with Crippen molar-refractivity contribution in [2.45, 2.75) is 20.3 Å². The maximum atomic E-state index is 11.9. The maximum absolute atomic E-state index is 11.9. The van der Waals surface area contributed by atoms with Crippen LogP contribution in [-0.4, -0.2) is 35.0 Å². The second-order valence-corrected chi connectivity index (χ2v) is 4.97. The lowest BCUT2D eigenvalue weighted by Gasteiger charge is -2.08. The van der Waals surface area contributed by atoms with Crippen molar-refractivity contribution in [2.24, 2.45) is 0 Å². The highest BCUT2D eigenvalue weighted by Crippen LogP contribution is 2.16. The average Bonchev–Trinajstić information content (AvgIpc) is 2.60. The van der Waals surface area contributed by atoms with E-state index in [2.05, 4.69) is 20.6 Å². The summed E-state index contributed by atoms with van der Waals surface area (Å²) < 4.78 is 4.94. The molecule has 0 spiro atoms. The predicted octanol–water partition coefficient (Wildman–Crippen LogP) is 2.54. The lowest BCUT2D eigenvalue weighted by molar-refractivity contribution is 0.0526. The number of carbonyl (C=O) groups excluding carboxylic acids is 2. The van der Waals surface area contributed by atoms with Crippen LogP contribution in [0.5, 0.6) is 0 Å². The standard InChI is InChI=1S/C17H20N4O3/c1-3-9-18-16(22)14-10-15(20-11-19-14)21-13-7-5-12(6-8-13)17(23)24-4-2/h5-8,10-11H,3-4,9H2,1-2H3,(H,18,22)(H,19,20,21). The van der Waals surface area contributed by atoms with Crippen LogP contribution >= 0.6 is 0 Å². The van der Waals surface area contributed by atoms with E-state index in [1.165, 1.54) is 6.33 Å². The van der Waals surface area contributed by atoms with Gasteiger partial charge in [-0.15, -0.1) is 0 Å². The number of nitrogens with one attached hydrogen (secondary N) is 2. The van der Waals surface area contributed by atoms with E-state index in [9.17, 15) is 9.59 Å². The Morgan fingerprint density at radius 3 is 2.54 bits per heavy atom. The third-order valence-electron chi connectivity index (χ3n) is 3.10. The van der Waals surface area contributed by atoms with Crippen molar-refractivity contribution < 1.29 is 14.3 Å². The molecular formula is C17H20N4O3. The largest absolute Gasteiger partial charge is 0.462 e. The fraction of sp³-hybridized carbons (Fsp3) is 0.294. The van der Waals surface area contributed by atoms with Crippen LogP contribution in [0.15, 0.2) is 36.7 Å². The summed E-state index contributed by atoms with van der Waals surface area (Å²) in [6, 6.07) is 8.38. The average molecular weight is 328 g/mol. The monoisotopic (exact) mass is 328 g/mol. The number of amides is 1. The van der Waals surface area contributed by atoms with E-state index in [0.29, 0.717) is 30.2 Å². The fourth-order valence-corrected chi connectivity index (χ4v) is 1.93. The highest BCUT2D eigenvalue weighted by atomic mass is 16.5. The van der Waals surface area contributed by atoms with E-state index < -0.39 is 0 Å². The van der Waals surface area contributed by atoms with Gasteiger partial charge in [0.25, 0.3) is 5.91 Å². The summed E-state index contributed by atoms with van der Waals surface area (Å²) in [5.41, 5.74) is 1.51. The van der Waals surface area contributed by atoms with E-state index in [4.69, 9.17) is 4.74 Å². The van der Waals surface area contributed by atoms with Crippen LogP contribution < -0.4 is 10.6 Å². The van der Waals surface area contributed by atoms with Gasteiger partial charge in [0.2, 0.25) is 0 Å². The number of aromatic nitrogens is 2. The Morgan fingerprint density at radius 2 is 1.88 bits per heavy atom. The van der Waals surface area contributed by atoms with Crippen LogP contribution in [0.2, 0.25) is 0 Å². The van der Waals surface area contributed by atoms with Crippen LogP contribution in [0.25, 0.3) is 0 Å². The molecule has 126 valence electrons. The van der Waals surface area contributed by atoms with Crippen molar-refractivity contribution in [2.75, 3.05) is 18.5 Å². The maximum Gasteiger partial charge on any atom is 0.338 e. The Labute approximate surface area is 140 Å². The van der Waals surface area contributed by atoms with Crippen LogP contribution in [0, 0.1) is 0 Å². The number of rotatable bonds is 7. The summed E-state index contributed by atoms with van der Waals surface area (Å²) in [4.78, 5) is 31.6. The van der Waals surface area contributed by atoms with Crippen LogP contribution in [0.4, 0.5) is 11.5 Å². The van der Waals surface area contributed by atoms with Crippen molar-refractivity contribution in [3.8, 4) is 0 Å². The lowest BCUT2D eigenvalue weighted by Crippen LogP contribution is -2.25. The molecule has 1 heterocycles. The highest BCUT2D eigenvalue weighted by molar-refractivity contribution is 5.93. The quantitative estimate of drug-likeness (QED) is 0.759. The molecule has 0 aliphatic carbocycles. The van der Waals surface area contributed by atoms with Crippen molar-refractivity contribution in [3.63, 3.8) is 0 Å². The normalized spacial score (nSPS) is 10.1. The Balaban J connectivity index is 2.05. The highest BCUT2D eigenvalue weighted by Gasteiger charge is 2.09. The van der Waals surface area contributed by atoms with Gasteiger partial charge in [0, 0.05) is 18.3 Å². The Morgan fingerprint density at radius 1 is 1.12 bits per heavy atom. The zero-order chi connectivity index (χ0) is 17.4. The number of hydrogen-bond donors (Lipinski definition) is 2. The molecule has 1 amide bonds. The van der Waals surface area contributed by atoms with Crippen LogP contribution in [-0.2, 0) is 4.74 Å². The second-order valence-electron chi connectivity index (χ2n) is 4.97. The van der Waals surface area contributed by atoms with Gasteiger partial charge in [-0.05, 0) is 37.6 Å². The molecule has 0 saturated heterocycles. The van der Waals surface area contributed by atoms with E-state index >= 15 is 0 Å². The minimum absolute atomic E-state index is 0.236. The molecule has 1 aromatic heterocycles. The number of ether oxygens (including phenoxy) is 1. The number of carbonyl (C=O) groups is 2. The van der Waals surface area contributed by atoms with E-state index in [-0.39, 0.29) is 11.9 Å². The molecule has 0 radical (unpaired) electrons. The first-order chi connectivity index (χ1) is 11.6. The first-order valence-electron chi connectivity index (χ1n) is 7.78. The van der Waals surface area contributed by atoms with Gasteiger partial charge in [0.15, 0.2) is 0 Å². The Bertz CT molecular complexity index is 701. The SMILES string of the molecule is CCCNC(=O)c1cc(Nc2ccc(C(=O)OCC)cc2)ncn1. The number of benzene rings is 1. The summed E-state index contributed by atoms with van der Waals surface area (Å²) >= 11 is 0. The van der Waals surface area contributed by atoms with Crippen LogP contribution in [0.1, 0.15) is 41.1 Å². The molecule has 0 unspecified atom stereocenters. The van der Waals surface area contributed by atoms with Gasteiger partial charge in [-0.3, -0.25) is 4.79 Å². The molecule has 2 N–H and O–H groups in total. The van der Waals surface area contributed by atoms with Crippen molar-refractivity contribution >= 4 is 23.4 Å². The minimum atomic E-state index is -0.360. The van der Waals surface area contributed by atoms with E-state index in [0.717, 1.165) is 12.1 Å². The first-order valence-corrected chi connectivity index (χ1v) is 7.78. The number of anilines is 2. The smallest absolute Gasteiger partial charge is 0.338 e. The zero-order valence-corrected chi connectivity index (χ0v) is 13.7. The molecule has 7 heteroatoms. The minimum Gasteiger partial charge on any atom is -0.462 e. The third kappa shape index (κ3) is 4.77.